The standard InChI is InChI=1S/C18H16N2O/c1-19-18-12-14(13-7-3-2-4-8-13)11-16(20-18)15-9-5-6-10-17(15)21/h2-12,21H,1H3,(H,19,20). The third-order valence-electron chi connectivity index (χ3n) is 3.37. The van der Waals surface area contributed by atoms with Crippen LogP contribution in [0.15, 0.2) is 66.7 Å². The van der Waals surface area contributed by atoms with Gasteiger partial charge < -0.3 is 10.4 Å². The molecule has 0 saturated carbocycles. The molecule has 2 aromatic carbocycles. The van der Waals surface area contributed by atoms with Crippen LogP contribution in [-0.2, 0) is 0 Å². The molecule has 0 radical (unpaired) electrons. The van der Waals surface area contributed by atoms with Crippen LogP contribution in [0.4, 0.5) is 5.82 Å². The van der Waals surface area contributed by atoms with Gasteiger partial charge in [-0.05, 0) is 35.4 Å². The highest BCUT2D eigenvalue weighted by molar-refractivity contribution is 5.76. The molecule has 0 fully saturated rings. The number of phenolic OH excluding ortho intramolecular Hbond substituents is 1. The van der Waals surface area contributed by atoms with Gasteiger partial charge in [-0.2, -0.15) is 0 Å². The molecule has 1 heterocycles. The van der Waals surface area contributed by atoms with Gasteiger partial charge in [0, 0.05) is 12.6 Å². The van der Waals surface area contributed by atoms with E-state index < -0.39 is 0 Å². The second-order valence-corrected chi connectivity index (χ2v) is 4.76. The largest absolute Gasteiger partial charge is 0.507 e. The molecular formula is C18H16N2O. The van der Waals surface area contributed by atoms with Crippen LogP contribution in [0.2, 0.25) is 0 Å². The van der Waals surface area contributed by atoms with Crippen LogP contribution in [-0.4, -0.2) is 17.1 Å². The molecule has 3 rings (SSSR count). The highest BCUT2D eigenvalue weighted by Crippen LogP contribution is 2.32. The number of para-hydroxylation sites is 1. The first-order valence-electron chi connectivity index (χ1n) is 6.81. The zero-order valence-corrected chi connectivity index (χ0v) is 11.7. The second kappa shape index (κ2) is 5.67. The Morgan fingerprint density at radius 3 is 2.29 bits per heavy atom. The van der Waals surface area contributed by atoms with E-state index in [0.29, 0.717) is 0 Å². The van der Waals surface area contributed by atoms with Crippen LogP contribution in [0.3, 0.4) is 0 Å². The SMILES string of the molecule is CNc1cc(-c2ccccc2)cc(-c2ccccc2O)n1. The third kappa shape index (κ3) is 2.72. The number of pyridine rings is 1. The van der Waals surface area contributed by atoms with Crippen molar-refractivity contribution in [1.82, 2.24) is 4.98 Å². The first kappa shape index (κ1) is 13.2. The average Bonchev–Trinajstić information content (AvgIpc) is 2.55. The summed E-state index contributed by atoms with van der Waals surface area (Å²) >= 11 is 0. The number of aromatic nitrogens is 1. The van der Waals surface area contributed by atoms with Gasteiger partial charge in [-0.1, -0.05) is 42.5 Å². The molecule has 0 aliphatic carbocycles. The van der Waals surface area contributed by atoms with Crippen LogP contribution in [0, 0.1) is 0 Å². The van der Waals surface area contributed by atoms with Crippen LogP contribution < -0.4 is 5.32 Å². The smallest absolute Gasteiger partial charge is 0.126 e. The van der Waals surface area contributed by atoms with E-state index in [1.165, 1.54) is 0 Å². The number of hydrogen-bond donors (Lipinski definition) is 2. The number of anilines is 1. The van der Waals surface area contributed by atoms with Crippen LogP contribution in [0.5, 0.6) is 5.75 Å². The lowest BCUT2D eigenvalue weighted by Crippen LogP contribution is -1.95. The van der Waals surface area contributed by atoms with Gasteiger partial charge in [0.05, 0.1) is 5.69 Å². The summed E-state index contributed by atoms with van der Waals surface area (Å²) in [6, 6.07) is 21.4. The lowest BCUT2D eigenvalue weighted by Gasteiger charge is -2.10. The van der Waals surface area contributed by atoms with E-state index in [9.17, 15) is 5.11 Å². The second-order valence-electron chi connectivity index (χ2n) is 4.76. The Labute approximate surface area is 123 Å². The predicted octanol–water partition coefficient (Wildman–Crippen LogP) is 4.16. The zero-order chi connectivity index (χ0) is 14.7. The van der Waals surface area contributed by atoms with Crippen LogP contribution in [0.1, 0.15) is 0 Å². The highest BCUT2D eigenvalue weighted by Gasteiger charge is 2.09. The Morgan fingerprint density at radius 1 is 0.857 bits per heavy atom. The summed E-state index contributed by atoms with van der Waals surface area (Å²) < 4.78 is 0. The molecule has 2 N–H and O–H groups in total. The van der Waals surface area contributed by atoms with Crippen LogP contribution in [0.25, 0.3) is 22.4 Å². The molecule has 104 valence electrons. The number of aromatic hydroxyl groups is 1. The van der Waals surface area contributed by atoms with E-state index >= 15 is 0 Å². The monoisotopic (exact) mass is 276 g/mol. The molecule has 3 nitrogen and oxygen atoms in total. The van der Waals surface area contributed by atoms with Crippen molar-refractivity contribution >= 4 is 5.82 Å². The molecule has 0 amide bonds. The minimum Gasteiger partial charge on any atom is -0.507 e. The van der Waals surface area contributed by atoms with Gasteiger partial charge in [0.2, 0.25) is 0 Å². The van der Waals surface area contributed by atoms with Crippen molar-refractivity contribution in [2.24, 2.45) is 0 Å². The van der Waals surface area contributed by atoms with E-state index in [-0.39, 0.29) is 5.75 Å². The van der Waals surface area contributed by atoms with Gasteiger partial charge in [-0.3, -0.25) is 0 Å². The first-order valence-corrected chi connectivity index (χ1v) is 6.81. The van der Waals surface area contributed by atoms with E-state index in [4.69, 9.17) is 0 Å². The third-order valence-corrected chi connectivity index (χ3v) is 3.37. The van der Waals surface area contributed by atoms with Gasteiger partial charge in [0.25, 0.3) is 0 Å². The summed E-state index contributed by atoms with van der Waals surface area (Å²) in [6.45, 7) is 0. The Bertz CT molecular complexity index is 754. The minimum absolute atomic E-state index is 0.234. The summed E-state index contributed by atoms with van der Waals surface area (Å²) in [6.07, 6.45) is 0. The minimum atomic E-state index is 0.234. The molecule has 0 unspecified atom stereocenters. The molecule has 3 aromatic rings. The summed E-state index contributed by atoms with van der Waals surface area (Å²) in [7, 11) is 1.84. The predicted molar refractivity (Wildman–Crippen MR) is 86.3 cm³/mol. The molecule has 0 spiro atoms. The fraction of sp³-hybridized carbons (Fsp3) is 0.0556. The summed E-state index contributed by atoms with van der Waals surface area (Å²) in [4.78, 5) is 4.54. The van der Waals surface area contributed by atoms with E-state index in [0.717, 1.165) is 28.2 Å². The lowest BCUT2D eigenvalue weighted by atomic mass is 10.0. The maximum absolute atomic E-state index is 10.0. The fourth-order valence-electron chi connectivity index (χ4n) is 2.28. The Hall–Kier alpha value is -2.81. The first-order chi connectivity index (χ1) is 10.3. The molecule has 0 aliphatic rings. The molecule has 0 aliphatic heterocycles. The Morgan fingerprint density at radius 2 is 1.57 bits per heavy atom. The van der Waals surface area contributed by atoms with Crippen molar-refractivity contribution in [1.29, 1.82) is 0 Å². The molecule has 0 bridgehead atoms. The van der Waals surface area contributed by atoms with Gasteiger partial charge in [0.15, 0.2) is 0 Å². The maximum Gasteiger partial charge on any atom is 0.126 e. The van der Waals surface area contributed by atoms with Gasteiger partial charge in [0.1, 0.15) is 11.6 Å². The van der Waals surface area contributed by atoms with Crippen molar-refractivity contribution in [3.05, 3.63) is 66.7 Å². The number of rotatable bonds is 3. The van der Waals surface area contributed by atoms with Gasteiger partial charge in [-0.25, -0.2) is 4.98 Å². The molecule has 1 aromatic heterocycles. The lowest BCUT2D eigenvalue weighted by molar-refractivity contribution is 0.477. The molecule has 0 saturated heterocycles. The van der Waals surface area contributed by atoms with Crippen molar-refractivity contribution in [2.75, 3.05) is 12.4 Å². The molecule has 21 heavy (non-hydrogen) atoms. The number of phenols is 1. The number of hydrogen-bond acceptors (Lipinski definition) is 3. The summed E-state index contributed by atoms with van der Waals surface area (Å²) in [5.41, 5.74) is 3.66. The average molecular weight is 276 g/mol. The molecular weight excluding hydrogens is 260 g/mol. The quantitative estimate of drug-likeness (QED) is 0.755. The number of benzene rings is 2. The van der Waals surface area contributed by atoms with Gasteiger partial charge in [-0.15, -0.1) is 0 Å². The van der Waals surface area contributed by atoms with Crippen molar-refractivity contribution < 1.29 is 5.11 Å². The Kier molecular flexibility index (Phi) is 3.56. The number of nitrogens with zero attached hydrogens (tertiary/aromatic N) is 1. The molecule has 3 heteroatoms. The molecule has 0 atom stereocenters. The van der Waals surface area contributed by atoms with Crippen molar-refractivity contribution in [3.63, 3.8) is 0 Å². The zero-order valence-electron chi connectivity index (χ0n) is 11.7. The topological polar surface area (TPSA) is 45.1 Å². The normalized spacial score (nSPS) is 10.3. The van der Waals surface area contributed by atoms with E-state index in [1.807, 2.05) is 49.5 Å². The fourth-order valence-corrected chi connectivity index (χ4v) is 2.28. The van der Waals surface area contributed by atoms with Crippen molar-refractivity contribution in [3.8, 4) is 28.1 Å². The van der Waals surface area contributed by atoms with Crippen LogP contribution >= 0.6 is 0 Å². The van der Waals surface area contributed by atoms with E-state index in [1.54, 1.807) is 12.1 Å². The summed E-state index contributed by atoms with van der Waals surface area (Å²) in [5, 5.41) is 13.1. The van der Waals surface area contributed by atoms with Crippen molar-refractivity contribution in [2.45, 2.75) is 0 Å². The highest BCUT2D eigenvalue weighted by atomic mass is 16.3. The maximum atomic E-state index is 10.0. The van der Waals surface area contributed by atoms with Gasteiger partial charge >= 0.3 is 0 Å². The Balaban J connectivity index is 2.17. The van der Waals surface area contributed by atoms with E-state index in [2.05, 4.69) is 22.4 Å². The summed E-state index contributed by atoms with van der Waals surface area (Å²) in [5.74, 6) is 1.01. The number of nitrogens with one attached hydrogen (secondary N) is 1.